The SMILES string of the molecule is CC(NS(C)(=O)=O)c1ccc(Cl)c(Cl)c1. The zero-order chi connectivity index (χ0) is 11.6. The summed E-state index contributed by atoms with van der Waals surface area (Å²) in [6.45, 7) is 1.74. The van der Waals surface area contributed by atoms with Gasteiger partial charge in [0, 0.05) is 6.04 Å². The van der Waals surface area contributed by atoms with E-state index in [1.807, 2.05) is 0 Å². The van der Waals surface area contributed by atoms with E-state index in [1.54, 1.807) is 25.1 Å². The molecule has 84 valence electrons. The molecule has 1 unspecified atom stereocenters. The van der Waals surface area contributed by atoms with Crippen LogP contribution < -0.4 is 4.72 Å². The molecule has 0 saturated carbocycles. The molecule has 0 aliphatic carbocycles. The maximum absolute atomic E-state index is 11.0. The zero-order valence-electron chi connectivity index (χ0n) is 8.29. The number of halogens is 2. The van der Waals surface area contributed by atoms with Crippen molar-refractivity contribution in [2.75, 3.05) is 6.26 Å². The number of rotatable bonds is 3. The van der Waals surface area contributed by atoms with Crippen LogP contribution in [0.25, 0.3) is 0 Å². The molecule has 0 amide bonds. The highest BCUT2D eigenvalue weighted by Gasteiger charge is 2.11. The number of nitrogens with one attached hydrogen (secondary N) is 1. The first-order chi connectivity index (χ1) is 6.79. The summed E-state index contributed by atoms with van der Waals surface area (Å²) >= 11 is 11.6. The van der Waals surface area contributed by atoms with Crippen molar-refractivity contribution in [2.45, 2.75) is 13.0 Å². The third-order valence-corrected chi connectivity index (χ3v) is 3.36. The van der Waals surface area contributed by atoms with Crippen LogP contribution in [0.2, 0.25) is 10.0 Å². The van der Waals surface area contributed by atoms with E-state index in [2.05, 4.69) is 4.72 Å². The molecule has 0 bridgehead atoms. The molecule has 15 heavy (non-hydrogen) atoms. The summed E-state index contributed by atoms with van der Waals surface area (Å²) in [5.41, 5.74) is 0.773. The summed E-state index contributed by atoms with van der Waals surface area (Å²) in [6.07, 6.45) is 1.11. The van der Waals surface area contributed by atoms with E-state index >= 15 is 0 Å². The van der Waals surface area contributed by atoms with Crippen molar-refractivity contribution >= 4 is 33.2 Å². The summed E-state index contributed by atoms with van der Waals surface area (Å²) in [5.74, 6) is 0. The van der Waals surface area contributed by atoms with Gasteiger partial charge in [0.2, 0.25) is 10.0 Å². The van der Waals surface area contributed by atoms with E-state index in [0.29, 0.717) is 10.0 Å². The van der Waals surface area contributed by atoms with Gasteiger partial charge in [-0.25, -0.2) is 13.1 Å². The molecule has 1 aromatic carbocycles. The summed E-state index contributed by atoms with van der Waals surface area (Å²) in [4.78, 5) is 0. The second-order valence-electron chi connectivity index (χ2n) is 3.29. The minimum Gasteiger partial charge on any atom is -0.213 e. The molecule has 0 aromatic heterocycles. The Kier molecular flexibility index (Phi) is 4.00. The van der Waals surface area contributed by atoms with Gasteiger partial charge in [0.25, 0.3) is 0 Å². The highest BCUT2D eigenvalue weighted by molar-refractivity contribution is 7.88. The highest BCUT2D eigenvalue weighted by Crippen LogP contribution is 2.25. The van der Waals surface area contributed by atoms with E-state index < -0.39 is 10.0 Å². The molecule has 1 N–H and O–H groups in total. The van der Waals surface area contributed by atoms with Crippen LogP contribution in [0.1, 0.15) is 18.5 Å². The molecule has 0 fully saturated rings. The summed E-state index contributed by atoms with van der Waals surface area (Å²) in [5, 5.41) is 0.864. The lowest BCUT2D eigenvalue weighted by Crippen LogP contribution is -2.25. The van der Waals surface area contributed by atoms with Crippen LogP contribution in [0, 0.1) is 0 Å². The molecule has 0 spiro atoms. The molecular weight excluding hydrogens is 257 g/mol. The van der Waals surface area contributed by atoms with Crippen LogP contribution in [0.3, 0.4) is 0 Å². The minimum absolute atomic E-state index is 0.324. The van der Waals surface area contributed by atoms with Gasteiger partial charge < -0.3 is 0 Å². The third kappa shape index (κ3) is 3.99. The normalized spacial score (nSPS) is 13.9. The van der Waals surface area contributed by atoms with Crippen LogP contribution in [0.4, 0.5) is 0 Å². The van der Waals surface area contributed by atoms with E-state index in [1.165, 1.54) is 0 Å². The topological polar surface area (TPSA) is 46.2 Å². The van der Waals surface area contributed by atoms with Crippen molar-refractivity contribution in [1.29, 1.82) is 0 Å². The third-order valence-electron chi connectivity index (χ3n) is 1.83. The molecule has 6 heteroatoms. The second kappa shape index (κ2) is 4.70. The summed E-state index contributed by atoms with van der Waals surface area (Å²) in [6, 6.07) is 4.69. The molecule has 1 atom stereocenters. The van der Waals surface area contributed by atoms with Crippen molar-refractivity contribution in [3.63, 3.8) is 0 Å². The Balaban J connectivity index is 2.92. The molecule has 1 rings (SSSR count). The van der Waals surface area contributed by atoms with Crippen LogP contribution in [0.15, 0.2) is 18.2 Å². The highest BCUT2D eigenvalue weighted by atomic mass is 35.5. The molecule has 1 aromatic rings. The van der Waals surface area contributed by atoms with E-state index in [0.717, 1.165) is 11.8 Å². The zero-order valence-corrected chi connectivity index (χ0v) is 10.6. The number of sulfonamides is 1. The number of benzene rings is 1. The van der Waals surface area contributed by atoms with E-state index in [9.17, 15) is 8.42 Å². The van der Waals surface area contributed by atoms with Gasteiger partial charge in [0.15, 0.2) is 0 Å². The Bertz CT molecular complexity index is 459. The minimum atomic E-state index is -3.22. The van der Waals surface area contributed by atoms with E-state index in [-0.39, 0.29) is 6.04 Å². The second-order valence-corrected chi connectivity index (χ2v) is 5.88. The lowest BCUT2D eigenvalue weighted by Gasteiger charge is -2.13. The Morgan fingerprint density at radius 1 is 1.27 bits per heavy atom. The molecular formula is C9H11Cl2NO2S. The van der Waals surface area contributed by atoms with Crippen LogP contribution in [-0.4, -0.2) is 14.7 Å². The van der Waals surface area contributed by atoms with Gasteiger partial charge in [-0.05, 0) is 24.6 Å². The molecule has 0 aliphatic heterocycles. The van der Waals surface area contributed by atoms with Gasteiger partial charge >= 0.3 is 0 Å². The maximum atomic E-state index is 11.0. The monoisotopic (exact) mass is 267 g/mol. The van der Waals surface area contributed by atoms with Crippen LogP contribution in [-0.2, 0) is 10.0 Å². The van der Waals surface area contributed by atoms with Crippen molar-refractivity contribution in [1.82, 2.24) is 4.72 Å². The van der Waals surface area contributed by atoms with Gasteiger partial charge in [0.1, 0.15) is 0 Å². The van der Waals surface area contributed by atoms with Crippen molar-refractivity contribution in [2.24, 2.45) is 0 Å². The average Bonchev–Trinajstić information content (AvgIpc) is 2.06. The first kappa shape index (κ1) is 12.8. The fourth-order valence-corrected chi connectivity index (χ4v) is 2.26. The quantitative estimate of drug-likeness (QED) is 0.915. The number of hydrogen-bond acceptors (Lipinski definition) is 2. The standard InChI is InChI=1S/C9H11Cl2NO2S/c1-6(12-15(2,13)14)7-3-4-8(10)9(11)5-7/h3-6,12H,1-2H3. The van der Waals surface area contributed by atoms with Crippen molar-refractivity contribution in [3.05, 3.63) is 33.8 Å². The lowest BCUT2D eigenvalue weighted by molar-refractivity contribution is 0.573. The van der Waals surface area contributed by atoms with Crippen LogP contribution >= 0.6 is 23.2 Å². The summed E-state index contributed by atoms with van der Waals surface area (Å²) in [7, 11) is -3.22. The Hall–Kier alpha value is -0.290. The molecule has 0 saturated heterocycles. The lowest BCUT2D eigenvalue weighted by atomic mass is 10.1. The van der Waals surface area contributed by atoms with Gasteiger partial charge in [0.05, 0.1) is 16.3 Å². The predicted molar refractivity (Wildman–Crippen MR) is 62.9 cm³/mol. The van der Waals surface area contributed by atoms with Crippen molar-refractivity contribution in [3.8, 4) is 0 Å². The maximum Gasteiger partial charge on any atom is 0.209 e. The molecule has 0 heterocycles. The smallest absolute Gasteiger partial charge is 0.209 e. The van der Waals surface area contributed by atoms with Crippen LogP contribution in [0.5, 0.6) is 0 Å². The molecule has 3 nitrogen and oxygen atoms in total. The summed E-state index contributed by atoms with van der Waals surface area (Å²) < 4.78 is 24.4. The van der Waals surface area contributed by atoms with E-state index in [4.69, 9.17) is 23.2 Å². The predicted octanol–water partition coefficient (Wildman–Crippen LogP) is 2.60. The average molecular weight is 268 g/mol. The fraction of sp³-hybridized carbons (Fsp3) is 0.333. The van der Waals surface area contributed by atoms with Gasteiger partial charge in [-0.3, -0.25) is 0 Å². The first-order valence-corrected chi connectivity index (χ1v) is 6.86. The molecule has 0 aliphatic rings. The van der Waals surface area contributed by atoms with Gasteiger partial charge in [-0.1, -0.05) is 29.3 Å². The Labute approximate surface area is 99.4 Å². The first-order valence-electron chi connectivity index (χ1n) is 4.22. The Morgan fingerprint density at radius 2 is 1.87 bits per heavy atom. The number of hydrogen-bond donors (Lipinski definition) is 1. The van der Waals surface area contributed by atoms with Gasteiger partial charge in [-0.15, -0.1) is 0 Å². The Morgan fingerprint density at radius 3 is 2.33 bits per heavy atom. The largest absolute Gasteiger partial charge is 0.213 e. The molecule has 0 radical (unpaired) electrons. The fourth-order valence-electron chi connectivity index (χ4n) is 1.17. The van der Waals surface area contributed by atoms with Gasteiger partial charge in [-0.2, -0.15) is 0 Å². The van der Waals surface area contributed by atoms with Crippen molar-refractivity contribution < 1.29 is 8.42 Å².